The van der Waals surface area contributed by atoms with Gasteiger partial charge in [0.2, 0.25) is 9.84 Å². The van der Waals surface area contributed by atoms with Crippen LogP contribution in [0.3, 0.4) is 0 Å². The normalized spacial score (nSPS) is 11.4. The quantitative estimate of drug-likeness (QED) is 0.852. The molecule has 88 valence electrons. The summed E-state index contributed by atoms with van der Waals surface area (Å²) >= 11 is 11.3. The maximum atomic E-state index is 12.2. The van der Waals surface area contributed by atoms with Crippen LogP contribution in [0.1, 0.15) is 0 Å². The standard InChI is InChI=1S/C10H6Cl2N2O2S/c11-9-6-8(10(12)14-13-9)17(15,16)7-4-2-1-3-5-7/h1-6H. The Balaban J connectivity index is 2.64. The lowest BCUT2D eigenvalue weighted by Gasteiger charge is -2.05. The Morgan fingerprint density at radius 1 is 1.00 bits per heavy atom. The number of aromatic nitrogens is 2. The molecule has 0 aliphatic carbocycles. The van der Waals surface area contributed by atoms with Gasteiger partial charge in [0.25, 0.3) is 0 Å². The van der Waals surface area contributed by atoms with Gasteiger partial charge in [-0.05, 0) is 18.2 Å². The van der Waals surface area contributed by atoms with Crippen LogP contribution in [-0.2, 0) is 9.84 Å². The van der Waals surface area contributed by atoms with Crippen molar-refractivity contribution in [3.8, 4) is 0 Å². The Kier molecular flexibility index (Phi) is 3.33. The molecule has 1 aromatic carbocycles. The van der Waals surface area contributed by atoms with Crippen LogP contribution in [-0.4, -0.2) is 18.6 Å². The monoisotopic (exact) mass is 288 g/mol. The molecule has 2 aromatic rings. The second-order valence-electron chi connectivity index (χ2n) is 3.14. The van der Waals surface area contributed by atoms with Crippen LogP contribution in [0.5, 0.6) is 0 Å². The molecule has 0 atom stereocenters. The third kappa shape index (κ3) is 2.41. The molecule has 0 amide bonds. The Morgan fingerprint density at radius 2 is 1.65 bits per heavy atom. The zero-order chi connectivity index (χ0) is 12.5. The van der Waals surface area contributed by atoms with Crippen molar-refractivity contribution in [2.24, 2.45) is 0 Å². The van der Waals surface area contributed by atoms with Gasteiger partial charge in [-0.15, -0.1) is 10.2 Å². The highest BCUT2D eigenvalue weighted by molar-refractivity contribution is 7.91. The van der Waals surface area contributed by atoms with Crippen LogP contribution in [0.25, 0.3) is 0 Å². The van der Waals surface area contributed by atoms with Gasteiger partial charge in [0.1, 0.15) is 4.90 Å². The smallest absolute Gasteiger partial charge is 0.209 e. The number of sulfone groups is 1. The molecule has 0 N–H and O–H groups in total. The number of nitrogens with zero attached hydrogens (tertiary/aromatic N) is 2. The van der Waals surface area contributed by atoms with Gasteiger partial charge in [-0.25, -0.2) is 8.42 Å². The van der Waals surface area contributed by atoms with Gasteiger partial charge in [0, 0.05) is 0 Å². The number of halogens is 2. The Morgan fingerprint density at radius 3 is 2.29 bits per heavy atom. The average Bonchev–Trinajstić information content (AvgIpc) is 2.33. The van der Waals surface area contributed by atoms with Crippen molar-refractivity contribution in [3.05, 3.63) is 46.7 Å². The zero-order valence-corrected chi connectivity index (χ0v) is 10.7. The largest absolute Gasteiger partial charge is 0.218 e. The van der Waals surface area contributed by atoms with E-state index in [0.717, 1.165) is 0 Å². The lowest BCUT2D eigenvalue weighted by atomic mass is 10.4. The highest BCUT2D eigenvalue weighted by Crippen LogP contribution is 2.26. The van der Waals surface area contributed by atoms with E-state index in [4.69, 9.17) is 23.2 Å². The molecule has 0 radical (unpaired) electrons. The maximum Gasteiger partial charge on any atom is 0.209 e. The van der Waals surface area contributed by atoms with Crippen LogP contribution in [0, 0.1) is 0 Å². The fourth-order valence-corrected chi connectivity index (χ4v) is 3.16. The van der Waals surface area contributed by atoms with Gasteiger partial charge >= 0.3 is 0 Å². The van der Waals surface area contributed by atoms with Gasteiger partial charge in [-0.2, -0.15) is 0 Å². The highest BCUT2D eigenvalue weighted by Gasteiger charge is 2.22. The van der Waals surface area contributed by atoms with Gasteiger partial charge in [-0.3, -0.25) is 0 Å². The molecule has 0 aliphatic heterocycles. The fourth-order valence-electron chi connectivity index (χ4n) is 1.25. The third-order valence-electron chi connectivity index (χ3n) is 2.03. The topological polar surface area (TPSA) is 59.9 Å². The van der Waals surface area contributed by atoms with Crippen molar-refractivity contribution in [2.75, 3.05) is 0 Å². The maximum absolute atomic E-state index is 12.2. The molecule has 4 nitrogen and oxygen atoms in total. The van der Waals surface area contributed by atoms with Crippen LogP contribution < -0.4 is 0 Å². The summed E-state index contributed by atoms with van der Waals surface area (Å²) in [6, 6.07) is 9.09. The van der Waals surface area contributed by atoms with E-state index in [-0.39, 0.29) is 20.1 Å². The molecule has 0 fully saturated rings. The molecule has 0 bridgehead atoms. The second-order valence-corrected chi connectivity index (χ2v) is 5.80. The first-order valence-corrected chi connectivity index (χ1v) is 6.74. The van der Waals surface area contributed by atoms with Crippen molar-refractivity contribution in [1.29, 1.82) is 0 Å². The zero-order valence-electron chi connectivity index (χ0n) is 8.34. The minimum Gasteiger partial charge on any atom is -0.218 e. The summed E-state index contributed by atoms with van der Waals surface area (Å²) in [5, 5.41) is 6.72. The second kappa shape index (κ2) is 4.60. The predicted octanol–water partition coefficient (Wildman–Crippen LogP) is 2.62. The predicted molar refractivity (Wildman–Crippen MR) is 63.9 cm³/mol. The number of rotatable bonds is 2. The summed E-state index contributed by atoms with van der Waals surface area (Å²) in [5.74, 6) is 0. The van der Waals surface area contributed by atoms with E-state index in [0.29, 0.717) is 0 Å². The first-order chi connectivity index (χ1) is 8.01. The molecule has 2 rings (SSSR count). The highest BCUT2D eigenvalue weighted by atomic mass is 35.5. The molecule has 17 heavy (non-hydrogen) atoms. The van der Waals surface area contributed by atoms with E-state index >= 15 is 0 Å². The van der Waals surface area contributed by atoms with Crippen molar-refractivity contribution in [3.63, 3.8) is 0 Å². The van der Waals surface area contributed by atoms with E-state index in [9.17, 15) is 8.42 Å². The lowest BCUT2D eigenvalue weighted by Crippen LogP contribution is -2.04. The summed E-state index contributed by atoms with van der Waals surface area (Å²) in [6.07, 6.45) is 0. The lowest BCUT2D eigenvalue weighted by molar-refractivity contribution is 0.595. The molecule has 0 aliphatic rings. The third-order valence-corrected chi connectivity index (χ3v) is 4.39. The van der Waals surface area contributed by atoms with Crippen molar-refractivity contribution >= 4 is 33.0 Å². The summed E-state index contributed by atoms with van der Waals surface area (Å²) in [5.41, 5.74) is 0. The summed E-state index contributed by atoms with van der Waals surface area (Å²) in [6.45, 7) is 0. The SMILES string of the molecule is O=S(=O)(c1ccccc1)c1cc(Cl)nnc1Cl. The van der Waals surface area contributed by atoms with Crippen molar-refractivity contribution in [1.82, 2.24) is 10.2 Å². The van der Waals surface area contributed by atoms with Crippen LogP contribution in [0.4, 0.5) is 0 Å². The molecule has 0 saturated heterocycles. The molecule has 0 spiro atoms. The van der Waals surface area contributed by atoms with Gasteiger partial charge < -0.3 is 0 Å². The van der Waals surface area contributed by atoms with Gasteiger partial charge in [0.05, 0.1) is 4.90 Å². The van der Waals surface area contributed by atoms with E-state index < -0.39 is 9.84 Å². The molecule has 7 heteroatoms. The van der Waals surface area contributed by atoms with E-state index in [1.54, 1.807) is 18.2 Å². The number of benzene rings is 1. The number of hydrogen-bond donors (Lipinski definition) is 0. The van der Waals surface area contributed by atoms with E-state index in [2.05, 4.69) is 10.2 Å². The average molecular weight is 289 g/mol. The van der Waals surface area contributed by atoms with Crippen LogP contribution >= 0.6 is 23.2 Å². The van der Waals surface area contributed by atoms with E-state index in [1.165, 1.54) is 18.2 Å². The summed E-state index contributed by atoms with van der Waals surface area (Å²) in [4.78, 5) is -0.0173. The molecule has 0 saturated carbocycles. The Bertz CT molecular complexity index is 645. The van der Waals surface area contributed by atoms with Crippen molar-refractivity contribution in [2.45, 2.75) is 9.79 Å². The Labute approximate surface area is 108 Å². The summed E-state index contributed by atoms with van der Waals surface area (Å²) in [7, 11) is -3.71. The van der Waals surface area contributed by atoms with Crippen LogP contribution in [0.15, 0.2) is 46.2 Å². The Hall–Kier alpha value is -1.17. The minimum atomic E-state index is -3.71. The summed E-state index contributed by atoms with van der Waals surface area (Å²) < 4.78 is 24.4. The van der Waals surface area contributed by atoms with Crippen LogP contribution in [0.2, 0.25) is 10.3 Å². The van der Waals surface area contributed by atoms with Gasteiger partial charge in [-0.1, -0.05) is 41.4 Å². The molecule has 1 heterocycles. The fraction of sp³-hybridized carbons (Fsp3) is 0. The molecular weight excluding hydrogens is 283 g/mol. The minimum absolute atomic E-state index is 0.0242. The number of hydrogen-bond acceptors (Lipinski definition) is 4. The van der Waals surface area contributed by atoms with E-state index in [1.807, 2.05) is 0 Å². The molecule has 1 aromatic heterocycles. The molecule has 0 unspecified atom stereocenters. The van der Waals surface area contributed by atoms with Gasteiger partial charge in [0.15, 0.2) is 10.3 Å². The molecular formula is C10H6Cl2N2O2S. The van der Waals surface area contributed by atoms with Crippen molar-refractivity contribution < 1.29 is 8.42 Å². The first kappa shape index (κ1) is 12.3. The first-order valence-electron chi connectivity index (χ1n) is 4.50.